The van der Waals surface area contributed by atoms with Crippen molar-refractivity contribution in [1.29, 1.82) is 0 Å². The van der Waals surface area contributed by atoms with Crippen LogP contribution in [0.3, 0.4) is 0 Å². The molecule has 0 radical (unpaired) electrons. The van der Waals surface area contributed by atoms with Crippen LogP contribution in [-0.4, -0.2) is 63.5 Å². The molecule has 6 nitrogen and oxygen atoms in total. The summed E-state index contributed by atoms with van der Waals surface area (Å²) in [5.41, 5.74) is 1.60. The number of methoxy groups -OCH3 is 1. The fraction of sp³-hybridized carbons (Fsp3) is 0.682. The topological polar surface area (TPSA) is 57.2 Å². The van der Waals surface area contributed by atoms with Crippen molar-refractivity contribution in [2.45, 2.75) is 45.3 Å². The summed E-state index contributed by atoms with van der Waals surface area (Å²) < 4.78 is 21.2. The lowest BCUT2D eigenvalue weighted by Gasteiger charge is -2.36. The molecule has 6 heteroatoms. The first-order valence-corrected chi connectivity index (χ1v) is 10.4. The smallest absolute Gasteiger partial charge is 0.338 e. The minimum atomic E-state index is -0.228. The van der Waals surface area contributed by atoms with Crippen molar-refractivity contribution >= 4 is 5.97 Å². The molecule has 1 aromatic carbocycles. The summed E-state index contributed by atoms with van der Waals surface area (Å²) in [6.07, 6.45) is 4.93. The zero-order valence-corrected chi connectivity index (χ0v) is 17.2. The molecule has 2 unspecified atom stereocenters. The molecule has 1 aromatic rings. The number of esters is 1. The van der Waals surface area contributed by atoms with E-state index in [4.69, 9.17) is 14.2 Å². The van der Waals surface area contributed by atoms with Crippen molar-refractivity contribution < 1.29 is 23.7 Å². The fourth-order valence-corrected chi connectivity index (χ4v) is 3.94. The van der Waals surface area contributed by atoms with E-state index in [0.717, 1.165) is 44.2 Å². The highest BCUT2D eigenvalue weighted by molar-refractivity contribution is 5.93. The third-order valence-electron chi connectivity index (χ3n) is 5.65. The van der Waals surface area contributed by atoms with Crippen LogP contribution in [0.2, 0.25) is 0 Å². The summed E-state index contributed by atoms with van der Waals surface area (Å²) in [4.78, 5) is 14.1. The number of rotatable bonds is 6. The zero-order chi connectivity index (χ0) is 19.8. The average Bonchev–Trinajstić information content (AvgIpc) is 3.37. The Morgan fingerprint density at radius 3 is 2.86 bits per heavy atom. The average molecular weight is 392 g/mol. The molecule has 0 aliphatic carbocycles. The van der Waals surface area contributed by atoms with Gasteiger partial charge in [-0.15, -0.1) is 0 Å². The molecule has 28 heavy (non-hydrogen) atoms. The number of cyclic esters (lactones) is 1. The molecular weight excluding hydrogens is 358 g/mol. The van der Waals surface area contributed by atoms with Gasteiger partial charge < -0.3 is 18.9 Å². The van der Waals surface area contributed by atoms with E-state index in [-0.39, 0.29) is 5.97 Å². The number of benzene rings is 1. The molecule has 156 valence electrons. The Bertz CT molecular complexity index is 627. The second-order valence-corrected chi connectivity index (χ2v) is 7.66. The summed E-state index contributed by atoms with van der Waals surface area (Å²) >= 11 is 0. The van der Waals surface area contributed by atoms with E-state index < -0.39 is 0 Å². The predicted octanol–water partition coefficient (Wildman–Crippen LogP) is 3.28. The third-order valence-corrected chi connectivity index (χ3v) is 5.65. The molecule has 3 heterocycles. The standard InChI is InChI=1S/C19H25NO4.C3H8O/c21-19-18-5-4-17(9-15(18)12-24-19)23-13-16-3-1-2-7-20(16)10-14-6-8-22-11-14;1-3-4-2/h4-5,9,14,16H,1-3,6-8,10-13H2;3H2,1-2H3. The van der Waals surface area contributed by atoms with Gasteiger partial charge in [-0.2, -0.15) is 0 Å². The van der Waals surface area contributed by atoms with E-state index in [1.165, 1.54) is 25.7 Å². The molecular formula is C22H33NO5. The van der Waals surface area contributed by atoms with Crippen molar-refractivity contribution in [3.63, 3.8) is 0 Å². The molecule has 0 aromatic heterocycles. The molecule has 2 atom stereocenters. The van der Waals surface area contributed by atoms with Crippen LogP contribution in [0.15, 0.2) is 18.2 Å². The van der Waals surface area contributed by atoms with E-state index in [0.29, 0.717) is 30.7 Å². The van der Waals surface area contributed by atoms with Gasteiger partial charge in [0.05, 0.1) is 12.2 Å². The van der Waals surface area contributed by atoms with Gasteiger partial charge in [0.15, 0.2) is 0 Å². The van der Waals surface area contributed by atoms with Crippen molar-refractivity contribution in [1.82, 2.24) is 4.90 Å². The molecule has 3 aliphatic heterocycles. The van der Waals surface area contributed by atoms with Gasteiger partial charge in [0.1, 0.15) is 19.0 Å². The number of nitrogens with zero attached hydrogens (tertiary/aromatic N) is 1. The number of carbonyl (C=O) groups is 1. The largest absolute Gasteiger partial charge is 0.492 e. The van der Waals surface area contributed by atoms with Gasteiger partial charge in [-0.1, -0.05) is 6.42 Å². The first-order valence-electron chi connectivity index (χ1n) is 10.4. The summed E-state index contributed by atoms with van der Waals surface area (Å²) in [5, 5.41) is 0. The lowest BCUT2D eigenvalue weighted by Crippen LogP contribution is -2.45. The van der Waals surface area contributed by atoms with E-state index in [9.17, 15) is 4.79 Å². The highest BCUT2D eigenvalue weighted by Gasteiger charge is 2.27. The Balaban J connectivity index is 0.000000516. The van der Waals surface area contributed by atoms with Crippen LogP contribution in [0.25, 0.3) is 0 Å². The molecule has 0 bridgehead atoms. The maximum Gasteiger partial charge on any atom is 0.338 e. The van der Waals surface area contributed by atoms with Crippen LogP contribution in [-0.2, 0) is 20.8 Å². The number of fused-ring (bicyclic) bond motifs is 1. The first-order chi connectivity index (χ1) is 13.7. The van der Waals surface area contributed by atoms with Gasteiger partial charge in [0.2, 0.25) is 0 Å². The van der Waals surface area contributed by atoms with Crippen molar-refractivity contribution in [3.8, 4) is 5.75 Å². The Hall–Kier alpha value is -1.63. The van der Waals surface area contributed by atoms with E-state index in [1.807, 2.05) is 25.1 Å². The molecule has 2 fully saturated rings. The lowest BCUT2D eigenvalue weighted by molar-refractivity contribution is 0.0535. The molecule has 0 spiro atoms. The van der Waals surface area contributed by atoms with E-state index >= 15 is 0 Å². The molecule has 4 rings (SSSR count). The minimum absolute atomic E-state index is 0.228. The van der Waals surface area contributed by atoms with Crippen LogP contribution in [0.4, 0.5) is 0 Å². The summed E-state index contributed by atoms with van der Waals surface area (Å²) in [7, 11) is 1.68. The highest BCUT2D eigenvalue weighted by Crippen LogP contribution is 2.26. The van der Waals surface area contributed by atoms with Gasteiger partial charge in [-0.3, -0.25) is 4.90 Å². The molecule has 0 saturated carbocycles. The minimum Gasteiger partial charge on any atom is -0.492 e. The van der Waals surface area contributed by atoms with E-state index in [1.54, 1.807) is 7.11 Å². The molecule has 0 N–H and O–H groups in total. The highest BCUT2D eigenvalue weighted by atomic mass is 16.5. The Kier molecular flexibility index (Phi) is 8.13. The first kappa shape index (κ1) is 21.1. The molecule has 3 aliphatic rings. The summed E-state index contributed by atoms with van der Waals surface area (Å²) in [6, 6.07) is 6.11. The number of ether oxygens (including phenoxy) is 4. The normalized spacial score (nSPS) is 24.3. The molecule has 0 amide bonds. The SMILES string of the molecule is CCOC.O=C1OCc2cc(OCC3CCCCN3CC3CCOC3)ccc21. The quantitative estimate of drug-likeness (QED) is 0.694. The zero-order valence-electron chi connectivity index (χ0n) is 17.2. The summed E-state index contributed by atoms with van der Waals surface area (Å²) in [6.45, 7) is 7.96. The third kappa shape index (κ3) is 5.69. The Morgan fingerprint density at radius 1 is 1.25 bits per heavy atom. The van der Waals surface area contributed by atoms with Crippen molar-refractivity contribution in [2.75, 3.05) is 46.6 Å². The van der Waals surface area contributed by atoms with Crippen LogP contribution in [0, 0.1) is 5.92 Å². The van der Waals surface area contributed by atoms with Gasteiger partial charge in [0, 0.05) is 38.5 Å². The monoisotopic (exact) mass is 391 g/mol. The van der Waals surface area contributed by atoms with Crippen molar-refractivity contribution in [3.05, 3.63) is 29.3 Å². The van der Waals surface area contributed by atoms with Gasteiger partial charge >= 0.3 is 5.97 Å². The Morgan fingerprint density at radius 2 is 2.11 bits per heavy atom. The number of likely N-dealkylation sites (tertiary alicyclic amines) is 1. The number of hydrogen-bond donors (Lipinski definition) is 0. The second kappa shape index (κ2) is 10.8. The van der Waals surface area contributed by atoms with Crippen LogP contribution in [0.5, 0.6) is 5.75 Å². The number of piperidine rings is 1. The maximum atomic E-state index is 11.5. The summed E-state index contributed by atoms with van der Waals surface area (Å²) in [5.74, 6) is 1.28. The fourth-order valence-electron chi connectivity index (χ4n) is 3.94. The predicted molar refractivity (Wildman–Crippen MR) is 107 cm³/mol. The van der Waals surface area contributed by atoms with Gasteiger partial charge in [-0.05, 0) is 56.8 Å². The number of carbonyl (C=O) groups excluding carboxylic acids is 1. The second-order valence-electron chi connectivity index (χ2n) is 7.66. The van der Waals surface area contributed by atoms with Crippen LogP contribution < -0.4 is 4.74 Å². The molecule has 2 saturated heterocycles. The van der Waals surface area contributed by atoms with E-state index in [2.05, 4.69) is 9.64 Å². The van der Waals surface area contributed by atoms with Crippen LogP contribution >= 0.6 is 0 Å². The number of hydrogen-bond acceptors (Lipinski definition) is 6. The Labute approximate surface area is 168 Å². The van der Waals surface area contributed by atoms with Crippen molar-refractivity contribution in [2.24, 2.45) is 5.92 Å². The maximum absolute atomic E-state index is 11.5. The van der Waals surface area contributed by atoms with Gasteiger partial charge in [-0.25, -0.2) is 4.79 Å². The van der Waals surface area contributed by atoms with Gasteiger partial charge in [0.25, 0.3) is 0 Å². The van der Waals surface area contributed by atoms with Crippen LogP contribution in [0.1, 0.15) is 48.5 Å². The lowest BCUT2D eigenvalue weighted by atomic mass is 10.00.